The SMILES string of the molecule is CCN(CCF)c1ccc([N+](=O)[O-])cc1. The van der Waals surface area contributed by atoms with Crippen molar-refractivity contribution in [3.63, 3.8) is 0 Å². The molecule has 0 saturated carbocycles. The fourth-order valence-corrected chi connectivity index (χ4v) is 1.36. The number of benzene rings is 1. The summed E-state index contributed by atoms with van der Waals surface area (Å²) >= 11 is 0. The average molecular weight is 212 g/mol. The first-order chi connectivity index (χ1) is 7.19. The van der Waals surface area contributed by atoms with Gasteiger partial charge in [-0.25, -0.2) is 4.39 Å². The zero-order valence-corrected chi connectivity index (χ0v) is 8.52. The van der Waals surface area contributed by atoms with Crippen molar-refractivity contribution in [2.45, 2.75) is 6.92 Å². The molecule has 1 aromatic rings. The lowest BCUT2D eigenvalue weighted by molar-refractivity contribution is -0.384. The number of non-ortho nitro benzene ring substituents is 1. The van der Waals surface area contributed by atoms with Gasteiger partial charge in [0.15, 0.2) is 0 Å². The summed E-state index contributed by atoms with van der Waals surface area (Å²) in [5, 5.41) is 10.4. The van der Waals surface area contributed by atoms with Gasteiger partial charge in [0.1, 0.15) is 6.67 Å². The summed E-state index contributed by atoms with van der Waals surface area (Å²) in [4.78, 5) is 11.8. The Balaban J connectivity index is 2.81. The number of nitro benzene ring substituents is 1. The monoisotopic (exact) mass is 212 g/mol. The van der Waals surface area contributed by atoms with E-state index in [0.717, 1.165) is 5.69 Å². The standard InChI is InChI=1S/C10H13FN2O2/c1-2-12(8-7-11)9-3-5-10(6-4-9)13(14)15/h3-6H,2,7-8H2,1H3. The van der Waals surface area contributed by atoms with E-state index in [1.807, 2.05) is 11.8 Å². The molecule has 15 heavy (non-hydrogen) atoms. The van der Waals surface area contributed by atoms with E-state index in [1.165, 1.54) is 12.1 Å². The Bertz CT molecular complexity index is 327. The molecule has 1 aromatic carbocycles. The van der Waals surface area contributed by atoms with Gasteiger partial charge in [0.05, 0.1) is 4.92 Å². The van der Waals surface area contributed by atoms with Gasteiger partial charge < -0.3 is 4.90 Å². The summed E-state index contributed by atoms with van der Waals surface area (Å²) in [6, 6.07) is 6.13. The molecular formula is C10H13FN2O2. The Morgan fingerprint density at radius 1 is 1.40 bits per heavy atom. The quantitative estimate of drug-likeness (QED) is 0.556. The summed E-state index contributed by atoms with van der Waals surface area (Å²) < 4.78 is 12.2. The third-order valence-corrected chi connectivity index (χ3v) is 2.16. The summed E-state index contributed by atoms with van der Waals surface area (Å²) in [6.07, 6.45) is 0. The van der Waals surface area contributed by atoms with Crippen molar-refractivity contribution < 1.29 is 9.31 Å². The molecule has 0 unspecified atom stereocenters. The smallest absolute Gasteiger partial charge is 0.269 e. The van der Waals surface area contributed by atoms with Gasteiger partial charge in [-0.3, -0.25) is 10.1 Å². The Labute approximate surface area is 87.5 Å². The van der Waals surface area contributed by atoms with Gasteiger partial charge >= 0.3 is 0 Å². The van der Waals surface area contributed by atoms with Crippen LogP contribution >= 0.6 is 0 Å². The van der Waals surface area contributed by atoms with Crippen LogP contribution in [0.2, 0.25) is 0 Å². The molecule has 0 aromatic heterocycles. The molecule has 0 aliphatic rings. The fourth-order valence-electron chi connectivity index (χ4n) is 1.36. The molecule has 0 aliphatic carbocycles. The van der Waals surface area contributed by atoms with E-state index in [-0.39, 0.29) is 5.69 Å². The van der Waals surface area contributed by atoms with Gasteiger partial charge in [-0.05, 0) is 19.1 Å². The number of anilines is 1. The van der Waals surface area contributed by atoms with E-state index in [2.05, 4.69) is 0 Å². The van der Waals surface area contributed by atoms with E-state index in [4.69, 9.17) is 0 Å². The largest absolute Gasteiger partial charge is 0.369 e. The van der Waals surface area contributed by atoms with Crippen LogP contribution in [-0.2, 0) is 0 Å². The van der Waals surface area contributed by atoms with Gasteiger partial charge in [-0.1, -0.05) is 0 Å². The number of nitrogens with zero attached hydrogens (tertiary/aromatic N) is 2. The zero-order chi connectivity index (χ0) is 11.3. The molecule has 0 spiro atoms. The van der Waals surface area contributed by atoms with Crippen LogP contribution < -0.4 is 4.90 Å². The minimum absolute atomic E-state index is 0.0510. The first kappa shape index (κ1) is 11.4. The van der Waals surface area contributed by atoms with Crippen LogP contribution in [0.1, 0.15) is 6.92 Å². The second-order valence-corrected chi connectivity index (χ2v) is 3.04. The predicted octanol–water partition coefficient (Wildman–Crippen LogP) is 2.39. The molecule has 0 atom stereocenters. The van der Waals surface area contributed by atoms with Crippen molar-refractivity contribution in [3.05, 3.63) is 34.4 Å². The summed E-state index contributed by atoms with van der Waals surface area (Å²) in [7, 11) is 0. The Hall–Kier alpha value is -1.65. The normalized spacial score (nSPS) is 10.0. The number of hydrogen-bond acceptors (Lipinski definition) is 3. The minimum atomic E-state index is -0.449. The molecule has 0 heterocycles. The summed E-state index contributed by atoms with van der Waals surface area (Å²) in [5.41, 5.74) is 0.857. The molecule has 0 aliphatic heterocycles. The Morgan fingerprint density at radius 3 is 2.40 bits per heavy atom. The molecule has 0 radical (unpaired) electrons. The number of halogens is 1. The molecule has 0 N–H and O–H groups in total. The van der Waals surface area contributed by atoms with E-state index in [0.29, 0.717) is 13.1 Å². The lowest BCUT2D eigenvalue weighted by Gasteiger charge is -2.21. The van der Waals surface area contributed by atoms with Crippen molar-refractivity contribution >= 4 is 11.4 Å². The van der Waals surface area contributed by atoms with E-state index < -0.39 is 11.6 Å². The van der Waals surface area contributed by atoms with E-state index >= 15 is 0 Å². The van der Waals surface area contributed by atoms with Crippen molar-refractivity contribution in [1.29, 1.82) is 0 Å². The molecule has 1 rings (SSSR count). The van der Waals surface area contributed by atoms with Crippen LogP contribution in [0.5, 0.6) is 0 Å². The first-order valence-electron chi connectivity index (χ1n) is 4.74. The molecule has 82 valence electrons. The van der Waals surface area contributed by atoms with Crippen molar-refractivity contribution in [1.82, 2.24) is 0 Å². The Morgan fingerprint density at radius 2 is 2.00 bits per heavy atom. The zero-order valence-electron chi connectivity index (χ0n) is 8.52. The highest BCUT2D eigenvalue weighted by Crippen LogP contribution is 2.18. The van der Waals surface area contributed by atoms with Crippen molar-refractivity contribution in [2.75, 3.05) is 24.7 Å². The highest BCUT2D eigenvalue weighted by atomic mass is 19.1. The molecular weight excluding hydrogens is 199 g/mol. The van der Waals surface area contributed by atoms with Crippen LogP contribution in [0.15, 0.2) is 24.3 Å². The third kappa shape index (κ3) is 2.90. The highest BCUT2D eigenvalue weighted by molar-refractivity contribution is 5.50. The lowest BCUT2D eigenvalue weighted by Crippen LogP contribution is -2.24. The number of alkyl halides is 1. The molecule has 0 amide bonds. The van der Waals surface area contributed by atoms with Crippen LogP contribution in [0.4, 0.5) is 15.8 Å². The molecule has 0 fully saturated rings. The van der Waals surface area contributed by atoms with Gasteiger partial charge in [0, 0.05) is 30.9 Å². The fraction of sp³-hybridized carbons (Fsp3) is 0.400. The first-order valence-corrected chi connectivity index (χ1v) is 4.74. The van der Waals surface area contributed by atoms with Gasteiger partial charge in [-0.2, -0.15) is 0 Å². The van der Waals surface area contributed by atoms with E-state index in [9.17, 15) is 14.5 Å². The minimum Gasteiger partial charge on any atom is -0.369 e. The van der Waals surface area contributed by atoms with Gasteiger partial charge in [0.2, 0.25) is 0 Å². The van der Waals surface area contributed by atoms with Crippen LogP contribution in [-0.4, -0.2) is 24.7 Å². The number of hydrogen-bond donors (Lipinski definition) is 0. The molecule has 4 nitrogen and oxygen atoms in total. The van der Waals surface area contributed by atoms with Crippen molar-refractivity contribution in [3.8, 4) is 0 Å². The van der Waals surface area contributed by atoms with Crippen LogP contribution in [0.25, 0.3) is 0 Å². The van der Waals surface area contributed by atoms with Crippen LogP contribution in [0, 0.1) is 10.1 Å². The van der Waals surface area contributed by atoms with Gasteiger partial charge in [-0.15, -0.1) is 0 Å². The maximum atomic E-state index is 12.2. The average Bonchev–Trinajstić information content (AvgIpc) is 2.26. The van der Waals surface area contributed by atoms with Gasteiger partial charge in [0.25, 0.3) is 5.69 Å². The van der Waals surface area contributed by atoms with Crippen molar-refractivity contribution in [2.24, 2.45) is 0 Å². The second-order valence-electron chi connectivity index (χ2n) is 3.04. The summed E-state index contributed by atoms with van der Waals surface area (Å²) in [5.74, 6) is 0. The number of rotatable bonds is 5. The number of nitro groups is 1. The molecule has 0 bridgehead atoms. The maximum Gasteiger partial charge on any atom is 0.269 e. The van der Waals surface area contributed by atoms with E-state index in [1.54, 1.807) is 12.1 Å². The third-order valence-electron chi connectivity index (χ3n) is 2.16. The van der Waals surface area contributed by atoms with Crippen LogP contribution in [0.3, 0.4) is 0 Å². The second kappa shape index (κ2) is 5.29. The lowest BCUT2D eigenvalue weighted by atomic mass is 10.2. The maximum absolute atomic E-state index is 12.2. The highest BCUT2D eigenvalue weighted by Gasteiger charge is 2.07. The topological polar surface area (TPSA) is 46.4 Å². The molecule has 5 heteroatoms. The summed E-state index contributed by atoms with van der Waals surface area (Å²) in [6.45, 7) is 2.48. The predicted molar refractivity (Wildman–Crippen MR) is 57.0 cm³/mol. The Kier molecular flexibility index (Phi) is 4.03. The molecule has 0 saturated heterocycles.